The molecule has 1 fully saturated rings. The van der Waals surface area contributed by atoms with Crippen LogP contribution >= 0.6 is 0 Å². The van der Waals surface area contributed by atoms with Crippen LogP contribution < -0.4 is 20.1 Å². The summed E-state index contributed by atoms with van der Waals surface area (Å²) in [4.78, 5) is 6.89. The van der Waals surface area contributed by atoms with Crippen molar-refractivity contribution in [1.29, 1.82) is 0 Å². The van der Waals surface area contributed by atoms with Crippen LogP contribution in [0.3, 0.4) is 0 Å². The Labute approximate surface area is 158 Å². The predicted octanol–water partition coefficient (Wildman–Crippen LogP) is 3.20. The first-order chi connectivity index (χ1) is 12.6. The summed E-state index contributed by atoms with van der Waals surface area (Å²) in [5, 5.41) is 6.76. The molecule has 0 amide bonds. The van der Waals surface area contributed by atoms with E-state index in [1.807, 2.05) is 25.1 Å². The molecule has 2 N–H and O–H groups in total. The van der Waals surface area contributed by atoms with Crippen molar-refractivity contribution < 1.29 is 9.47 Å². The van der Waals surface area contributed by atoms with Crippen LogP contribution in [0.25, 0.3) is 0 Å². The van der Waals surface area contributed by atoms with E-state index in [2.05, 4.69) is 34.4 Å². The van der Waals surface area contributed by atoms with Gasteiger partial charge in [0, 0.05) is 31.4 Å². The molecule has 1 aliphatic rings. The number of aliphatic imine (C=N–C) groups is 1. The van der Waals surface area contributed by atoms with Crippen molar-refractivity contribution in [3.63, 3.8) is 0 Å². The summed E-state index contributed by atoms with van der Waals surface area (Å²) in [5.74, 6) is 3.07. The van der Waals surface area contributed by atoms with Gasteiger partial charge in [-0.2, -0.15) is 0 Å². The molecule has 6 heteroatoms. The van der Waals surface area contributed by atoms with Gasteiger partial charge >= 0.3 is 0 Å². The number of methoxy groups -OCH3 is 1. The van der Waals surface area contributed by atoms with Crippen LogP contribution in [0.4, 0.5) is 5.69 Å². The molecule has 6 nitrogen and oxygen atoms in total. The third kappa shape index (κ3) is 5.80. The van der Waals surface area contributed by atoms with Gasteiger partial charge in [0.05, 0.1) is 13.7 Å². The van der Waals surface area contributed by atoms with E-state index >= 15 is 0 Å². The average molecular weight is 363 g/mol. The minimum Gasteiger partial charge on any atom is -0.493 e. The molecule has 1 atom stereocenters. The third-order valence-electron chi connectivity index (χ3n) is 4.96. The van der Waals surface area contributed by atoms with Gasteiger partial charge in [-0.1, -0.05) is 6.92 Å². The maximum atomic E-state index is 5.64. The van der Waals surface area contributed by atoms with Crippen LogP contribution in [0, 0.1) is 5.92 Å². The predicted molar refractivity (Wildman–Crippen MR) is 109 cm³/mol. The van der Waals surface area contributed by atoms with Crippen molar-refractivity contribution in [2.24, 2.45) is 10.9 Å². The fourth-order valence-electron chi connectivity index (χ4n) is 3.18. The number of nitrogens with zero attached hydrogens (tertiary/aromatic N) is 2. The van der Waals surface area contributed by atoms with E-state index in [4.69, 9.17) is 9.47 Å². The van der Waals surface area contributed by atoms with Crippen molar-refractivity contribution in [2.45, 2.75) is 39.7 Å². The molecule has 2 rings (SSSR count). The van der Waals surface area contributed by atoms with E-state index in [1.54, 1.807) is 14.2 Å². The number of hydrogen-bond donors (Lipinski definition) is 2. The molecular weight excluding hydrogens is 328 g/mol. The number of likely N-dealkylation sites (tertiary alicyclic amines) is 1. The summed E-state index contributed by atoms with van der Waals surface area (Å²) < 4.78 is 11.0. The number of anilines is 1. The number of piperidine rings is 1. The molecule has 0 spiro atoms. The molecule has 1 aliphatic heterocycles. The van der Waals surface area contributed by atoms with Gasteiger partial charge < -0.3 is 20.1 Å². The van der Waals surface area contributed by atoms with E-state index in [1.165, 1.54) is 25.9 Å². The molecule has 1 aromatic carbocycles. The Bertz CT molecular complexity index is 583. The first-order valence-corrected chi connectivity index (χ1v) is 9.59. The molecule has 146 valence electrons. The van der Waals surface area contributed by atoms with Crippen molar-refractivity contribution in [1.82, 2.24) is 10.2 Å². The van der Waals surface area contributed by atoms with Gasteiger partial charge in [0.15, 0.2) is 17.5 Å². The first-order valence-electron chi connectivity index (χ1n) is 9.59. The quantitative estimate of drug-likeness (QED) is 0.576. The molecule has 1 aromatic rings. The van der Waals surface area contributed by atoms with Crippen molar-refractivity contribution in [3.05, 3.63) is 18.2 Å². The largest absolute Gasteiger partial charge is 0.493 e. The lowest BCUT2D eigenvalue weighted by atomic mass is 9.98. The Balaban J connectivity index is 1.90. The fourth-order valence-corrected chi connectivity index (χ4v) is 3.18. The van der Waals surface area contributed by atoms with E-state index in [9.17, 15) is 0 Å². The van der Waals surface area contributed by atoms with Crippen LogP contribution in [0.15, 0.2) is 23.2 Å². The Morgan fingerprint density at radius 2 is 2.04 bits per heavy atom. The van der Waals surface area contributed by atoms with Gasteiger partial charge in [-0.3, -0.25) is 9.89 Å². The maximum Gasteiger partial charge on any atom is 0.195 e. The smallest absolute Gasteiger partial charge is 0.195 e. The van der Waals surface area contributed by atoms with Crippen molar-refractivity contribution in [3.8, 4) is 11.5 Å². The van der Waals surface area contributed by atoms with Crippen LogP contribution in [-0.4, -0.2) is 57.3 Å². The fraction of sp³-hybridized carbons (Fsp3) is 0.650. The Morgan fingerprint density at radius 1 is 1.31 bits per heavy atom. The lowest BCUT2D eigenvalue weighted by Gasteiger charge is -2.35. The number of hydrogen-bond acceptors (Lipinski definition) is 4. The highest BCUT2D eigenvalue weighted by Crippen LogP contribution is 2.30. The van der Waals surface area contributed by atoms with E-state index in [0.717, 1.165) is 35.6 Å². The zero-order valence-corrected chi connectivity index (χ0v) is 16.8. The molecule has 1 unspecified atom stereocenters. The van der Waals surface area contributed by atoms with Gasteiger partial charge in [-0.15, -0.1) is 0 Å². The minimum absolute atomic E-state index is 0.482. The van der Waals surface area contributed by atoms with Gasteiger partial charge in [0.25, 0.3) is 0 Å². The zero-order valence-electron chi connectivity index (χ0n) is 16.8. The molecule has 26 heavy (non-hydrogen) atoms. The maximum absolute atomic E-state index is 5.64. The topological polar surface area (TPSA) is 58.1 Å². The first kappa shape index (κ1) is 20.4. The third-order valence-corrected chi connectivity index (χ3v) is 4.96. The van der Waals surface area contributed by atoms with Gasteiger partial charge in [0.2, 0.25) is 0 Å². The Hall–Kier alpha value is -1.95. The molecule has 0 radical (unpaired) electrons. The van der Waals surface area contributed by atoms with E-state index < -0.39 is 0 Å². The average Bonchev–Trinajstić information content (AvgIpc) is 2.66. The molecule has 0 aromatic heterocycles. The molecule has 0 aliphatic carbocycles. The molecule has 1 saturated heterocycles. The second-order valence-corrected chi connectivity index (χ2v) is 6.94. The van der Waals surface area contributed by atoms with Gasteiger partial charge in [0.1, 0.15) is 0 Å². The van der Waals surface area contributed by atoms with Crippen molar-refractivity contribution in [2.75, 3.05) is 45.7 Å². The van der Waals surface area contributed by atoms with Gasteiger partial charge in [-0.25, -0.2) is 0 Å². The van der Waals surface area contributed by atoms with Crippen LogP contribution in [0.2, 0.25) is 0 Å². The minimum atomic E-state index is 0.482. The number of nitrogens with one attached hydrogen (secondary N) is 2. The summed E-state index contributed by atoms with van der Waals surface area (Å²) in [6, 6.07) is 6.28. The number of rotatable bonds is 7. The Morgan fingerprint density at radius 3 is 2.65 bits per heavy atom. The number of guanidine groups is 1. The van der Waals surface area contributed by atoms with Crippen LogP contribution in [0.1, 0.15) is 33.6 Å². The lowest BCUT2D eigenvalue weighted by Crippen LogP contribution is -2.46. The summed E-state index contributed by atoms with van der Waals surface area (Å²) in [5.41, 5.74) is 0.918. The normalized spacial score (nSPS) is 17.7. The van der Waals surface area contributed by atoms with Crippen LogP contribution in [0.5, 0.6) is 11.5 Å². The second kappa shape index (κ2) is 10.3. The summed E-state index contributed by atoms with van der Waals surface area (Å²) in [6.45, 7) is 10.4. The molecular formula is C20H34N4O2. The monoisotopic (exact) mass is 362 g/mol. The van der Waals surface area contributed by atoms with E-state index in [-0.39, 0.29) is 0 Å². The summed E-state index contributed by atoms with van der Waals surface area (Å²) in [6.07, 6.45) is 2.59. The van der Waals surface area contributed by atoms with Crippen molar-refractivity contribution >= 4 is 11.6 Å². The Kier molecular flexibility index (Phi) is 8.04. The van der Waals surface area contributed by atoms with E-state index in [0.29, 0.717) is 12.6 Å². The highest BCUT2D eigenvalue weighted by atomic mass is 16.5. The standard InChI is InChI=1S/C20H34N4O2/c1-6-26-19-13-17(7-8-18(19)25-5)23-20(21-4)22-14-16(3)24-11-9-15(2)10-12-24/h7-8,13,15-16H,6,9-12,14H2,1-5H3,(H2,21,22,23). The molecule has 1 heterocycles. The zero-order chi connectivity index (χ0) is 18.9. The molecule has 0 bridgehead atoms. The highest BCUT2D eigenvalue weighted by molar-refractivity contribution is 5.93. The second-order valence-electron chi connectivity index (χ2n) is 6.94. The van der Waals surface area contributed by atoms with Gasteiger partial charge in [-0.05, 0) is 57.8 Å². The molecule has 0 saturated carbocycles. The lowest BCUT2D eigenvalue weighted by molar-refractivity contribution is 0.148. The van der Waals surface area contributed by atoms with Crippen LogP contribution in [-0.2, 0) is 0 Å². The SMILES string of the molecule is CCOc1cc(NC(=NC)NCC(C)N2CCC(C)CC2)ccc1OC. The number of benzene rings is 1. The highest BCUT2D eigenvalue weighted by Gasteiger charge is 2.20. The summed E-state index contributed by atoms with van der Waals surface area (Å²) in [7, 11) is 3.43. The number of ether oxygens (including phenoxy) is 2. The summed E-state index contributed by atoms with van der Waals surface area (Å²) >= 11 is 0.